The predicted molar refractivity (Wildman–Crippen MR) is 89.3 cm³/mol. The zero-order valence-corrected chi connectivity index (χ0v) is 14.3. The van der Waals surface area contributed by atoms with E-state index in [2.05, 4.69) is 15.5 Å². The number of thioether (sulfide) groups is 1. The Morgan fingerprint density at radius 1 is 1.29 bits per heavy atom. The Morgan fingerprint density at radius 2 is 2.00 bits per heavy atom. The van der Waals surface area contributed by atoms with E-state index in [1.807, 2.05) is 17.7 Å². The van der Waals surface area contributed by atoms with Crippen molar-refractivity contribution in [3.63, 3.8) is 0 Å². The predicted octanol–water partition coefficient (Wildman–Crippen LogP) is 1.73. The zero-order chi connectivity index (χ0) is 17.1. The van der Waals surface area contributed by atoms with Crippen LogP contribution < -0.4 is 5.32 Å². The van der Waals surface area contributed by atoms with E-state index in [4.69, 9.17) is 4.74 Å². The molecule has 3 rings (SSSR count). The molecule has 2 aromatic rings. The molecule has 1 saturated carbocycles. The van der Waals surface area contributed by atoms with E-state index in [0.717, 1.165) is 29.5 Å². The molecule has 1 aliphatic rings. The van der Waals surface area contributed by atoms with Crippen LogP contribution in [0.2, 0.25) is 0 Å². The maximum absolute atomic E-state index is 12.0. The first-order chi connectivity index (χ1) is 11.6. The molecule has 8 heteroatoms. The van der Waals surface area contributed by atoms with Gasteiger partial charge in [0.05, 0.1) is 5.56 Å². The molecule has 24 heavy (non-hydrogen) atoms. The van der Waals surface area contributed by atoms with Crippen molar-refractivity contribution in [2.24, 2.45) is 0 Å². The Labute approximate surface area is 143 Å². The van der Waals surface area contributed by atoms with Crippen molar-refractivity contribution in [1.82, 2.24) is 20.1 Å². The number of esters is 1. The summed E-state index contributed by atoms with van der Waals surface area (Å²) in [6.07, 6.45) is 3.93. The highest BCUT2D eigenvalue weighted by atomic mass is 32.2. The summed E-state index contributed by atoms with van der Waals surface area (Å²) in [7, 11) is 0. The fraction of sp³-hybridized carbons (Fsp3) is 0.375. The van der Waals surface area contributed by atoms with E-state index >= 15 is 0 Å². The summed E-state index contributed by atoms with van der Waals surface area (Å²) in [6, 6.07) is 7.20. The molecule has 1 heterocycles. The first kappa shape index (κ1) is 16.5. The van der Waals surface area contributed by atoms with Gasteiger partial charge in [0.1, 0.15) is 5.82 Å². The van der Waals surface area contributed by atoms with Crippen LogP contribution in [-0.2, 0) is 9.53 Å². The first-order valence-corrected chi connectivity index (χ1v) is 8.84. The van der Waals surface area contributed by atoms with Crippen LogP contribution in [0, 0.1) is 6.92 Å². The van der Waals surface area contributed by atoms with Crippen LogP contribution in [0.4, 0.5) is 0 Å². The van der Waals surface area contributed by atoms with Crippen molar-refractivity contribution in [3.8, 4) is 5.69 Å². The fourth-order valence-corrected chi connectivity index (χ4v) is 2.77. The highest BCUT2D eigenvalue weighted by molar-refractivity contribution is 7.98. The van der Waals surface area contributed by atoms with Crippen LogP contribution in [0.5, 0.6) is 0 Å². The second-order valence-electron chi connectivity index (χ2n) is 5.53. The molecule has 0 bridgehead atoms. The van der Waals surface area contributed by atoms with Crippen molar-refractivity contribution in [1.29, 1.82) is 0 Å². The van der Waals surface area contributed by atoms with E-state index < -0.39 is 5.97 Å². The molecule has 7 nitrogen and oxygen atoms in total. The SMILES string of the molecule is CSc1nnc(C)n1-c1ccc(C(=O)OCC(=O)NC2CC2)cc1. The van der Waals surface area contributed by atoms with Gasteiger partial charge in [-0.25, -0.2) is 4.79 Å². The summed E-state index contributed by atoms with van der Waals surface area (Å²) in [5.74, 6) is -0.00307. The largest absolute Gasteiger partial charge is 0.452 e. The van der Waals surface area contributed by atoms with Crippen molar-refractivity contribution < 1.29 is 14.3 Å². The quantitative estimate of drug-likeness (QED) is 0.633. The third-order valence-electron chi connectivity index (χ3n) is 3.62. The molecule has 1 aromatic carbocycles. The summed E-state index contributed by atoms with van der Waals surface area (Å²) >= 11 is 1.50. The highest BCUT2D eigenvalue weighted by Gasteiger charge is 2.23. The monoisotopic (exact) mass is 346 g/mol. The fourth-order valence-electron chi connectivity index (χ4n) is 2.23. The van der Waals surface area contributed by atoms with Crippen LogP contribution in [0.3, 0.4) is 0 Å². The topological polar surface area (TPSA) is 86.1 Å². The van der Waals surface area contributed by atoms with Gasteiger partial charge in [-0.2, -0.15) is 0 Å². The second kappa shape index (κ2) is 7.04. The summed E-state index contributed by atoms with van der Waals surface area (Å²) in [5.41, 5.74) is 1.26. The van der Waals surface area contributed by atoms with E-state index in [-0.39, 0.29) is 18.6 Å². The number of carbonyl (C=O) groups is 2. The van der Waals surface area contributed by atoms with Crippen LogP contribution in [0.25, 0.3) is 5.69 Å². The van der Waals surface area contributed by atoms with Crippen molar-refractivity contribution in [2.75, 3.05) is 12.9 Å². The smallest absolute Gasteiger partial charge is 0.338 e. The van der Waals surface area contributed by atoms with Gasteiger partial charge in [-0.1, -0.05) is 11.8 Å². The molecule has 0 spiro atoms. The maximum atomic E-state index is 12.0. The van der Waals surface area contributed by atoms with Gasteiger partial charge in [-0.05, 0) is 50.3 Å². The number of amides is 1. The number of nitrogens with zero attached hydrogens (tertiary/aromatic N) is 3. The number of aryl methyl sites for hydroxylation is 1. The summed E-state index contributed by atoms with van der Waals surface area (Å²) in [5, 5.41) is 11.7. The minimum Gasteiger partial charge on any atom is -0.452 e. The average molecular weight is 346 g/mol. The van der Waals surface area contributed by atoms with Gasteiger partial charge in [0.2, 0.25) is 0 Å². The van der Waals surface area contributed by atoms with E-state index in [1.165, 1.54) is 11.8 Å². The molecule has 0 saturated heterocycles. The Hall–Kier alpha value is -2.35. The number of nitrogens with one attached hydrogen (secondary N) is 1. The standard InChI is InChI=1S/C16H18N4O3S/c1-10-18-19-16(24-2)20(10)13-7-3-11(4-8-13)15(22)23-9-14(21)17-12-5-6-12/h3-4,7-8,12H,5-6,9H2,1-2H3,(H,17,21). The minimum atomic E-state index is -0.516. The molecule has 126 valence electrons. The van der Waals surface area contributed by atoms with Crippen LogP contribution >= 0.6 is 11.8 Å². The van der Waals surface area contributed by atoms with Gasteiger partial charge >= 0.3 is 5.97 Å². The number of rotatable bonds is 6. The molecular formula is C16H18N4O3S. The molecule has 1 N–H and O–H groups in total. The van der Waals surface area contributed by atoms with E-state index in [1.54, 1.807) is 24.3 Å². The third-order valence-corrected chi connectivity index (χ3v) is 4.25. The number of benzene rings is 1. The maximum Gasteiger partial charge on any atom is 0.338 e. The Kier molecular flexibility index (Phi) is 4.84. The van der Waals surface area contributed by atoms with Crippen molar-refractivity contribution in [2.45, 2.75) is 31.0 Å². The van der Waals surface area contributed by atoms with Gasteiger partial charge in [-0.3, -0.25) is 9.36 Å². The molecule has 0 unspecified atom stereocenters. The lowest BCUT2D eigenvalue weighted by Crippen LogP contribution is -2.30. The zero-order valence-electron chi connectivity index (χ0n) is 13.5. The van der Waals surface area contributed by atoms with E-state index in [9.17, 15) is 9.59 Å². The lowest BCUT2D eigenvalue weighted by Gasteiger charge is -2.09. The summed E-state index contributed by atoms with van der Waals surface area (Å²) < 4.78 is 6.94. The van der Waals surface area contributed by atoms with Crippen LogP contribution in [0.1, 0.15) is 29.0 Å². The third kappa shape index (κ3) is 3.76. The van der Waals surface area contributed by atoms with Gasteiger partial charge in [0.15, 0.2) is 11.8 Å². The van der Waals surface area contributed by atoms with Crippen LogP contribution in [-0.4, -0.2) is 45.5 Å². The first-order valence-electron chi connectivity index (χ1n) is 7.61. The van der Waals surface area contributed by atoms with Gasteiger partial charge in [0.25, 0.3) is 5.91 Å². The molecule has 0 aliphatic heterocycles. The number of hydrogen-bond donors (Lipinski definition) is 1. The van der Waals surface area contributed by atoms with Gasteiger partial charge < -0.3 is 10.1 Å². The lowest BCUT2D eigenvalue weighted by molar-refractivity contribution is -0.124. The van der Waals surface area contributed by atoms with Crippen molar-refractivity contribution >= 4 is 23.6 Å². The Bertz CT molecular complexity index is 753. The number of carbonyl (C=O) groups excluding carboxylic acids is 2. The average Bonchev–Trinajstić information content (AvgIpc) is 3.32. The second-order valence-corrected chi connectivity index (χ2v) is 6.31. The van der Waals surface area contributed by atoms with E-state index in [0.29, 0.717) is 5.56 Å². The van der Waals surface area contributed by atoms with Gasteiger partial charge in [-0.15, -0.1) is 10.2 Å². The Morgan fingerprint density at radius 3 is 2.62 bits per heavy atom. The Balaban J connectivity index is 1.64. The molecular weight excluding hydrogens is 328 g/mol. The molecule has 0 atom stereocenters. The van der Waals surface area contributed by atoms with Crippen molar-refractivity contribution in [3.05, 3.63) is 35.7 Å². The normalized spacial score (nSPS) is 13.6. The molecule has 0 radical (unpaired) electrons. The molecule has 1 aromatic heterocycles. The highest BCUT2D eigenvalue weighted by Crippen LogP contribution is 2.20. The number of aromatic nitrogens is 3. The number of ether oxygens (including phenoxy) is 1. The van der Waals surface area contributed by atoms with Crippen LogP contribution in [0.15, 0.2) is 29.4 Å². The van der Waals surface area contributed by atoms with Gasteiger partial charge in [0, 0.05) is 11.7 Å². The minimum absolute atomic E-state index is 0.252. The molecule has 1 aliphatic carbocycles. The number of hydrogen-bond acceptors (Lipinski definition) is 6. The molecule has 1 amide bonds. The summed E-state index contributed by atoms with van der Waals surface area (Å²) in [4.78, 5) is 23.5. The lowest BCUT2D eigenvalue weighted by atomic mass is 10.2. The summed E-state index contributed by atoms with van der Waals surface area (Å²) in [6.45, 7) is 1.62. The molecule has 1 fully saturated rings.